The molecule has 10 heteroatoms. The quantitative estimate of drug-likeness (QED) is 0.275. The van der Waals surface area contributed by atoms with Crippen LogP contribution in [0.2, 0.25) is 5.15 Å². The first-order valence-electron chi connectivity index (χ1n) is 8.45. The van der Waals surface area contributed by atoms with E-state index in [4.69, 9.17) is 21.9 Å². The number of nitrogens with zero attached hydrogens (tertiary/aromatic N) is 5. The lowest BCUT2D eigenvalue weighted by Gasteiger charge is -2.23. The third-order valence-corrected chi connectivity index (χ3v) is 5.54. The lowest BCUT2D eigenvalue weighted by Crippen LogP contribution is -2.21. The molecule has 0 unspecified atom stereocenters. The zero-order valence-corrected chi connectivity index (χ0v) is 17.3. The molecule has 0 saturated heterocycles. The molecule has 0 aliphatic rings. The number of halogens is 1. The Hall–Kier alpha value is -2.09. The highest BCUT2D eigenvalue weighted by Crippen LogP contribution is 2.34. The Balaban J connectivity index is 2.51. The van der Waals surface area contributed by atoms with Crippen LogP contribution in [0, 0.1) is 0 Å². The van der Waals surface area contributed by atoms with Crippen molar-refractivity contribution in [1.82, 2.24) is 9.97 Å². The SMILES string of the molecule is CC[C@@](C)(N=[N+]=[N-])c1cc2cc(Cl)ncc2c(O[C@H](C)CCS(C)(=O)=O)n1. The largest absolute Gasteiger partial charge is 0.474 e. The van der Waals surface area contributed by atoms with Crippen LogP contribution in [0.5, 0.6) is 5.88 Å². The molecule has 0 aliphatic heterocycles. The molecule has 27 heavy (non-hydrogen) atoms. The van der Waals surface area contributed by atoms with Crippen LogP contribution < -0.4 is 4.74 Å². The molecule has 0 amide bonds. The zero-order chi connectivity index (χ0) is 20.2. The van der Waals surface area contributed by atoms with Crippen molar-refractivity contribution in [3.8, 4) is 5.88 Å². The Kier molecular flexibility index (Phi) is 6.51. The second-order valence-corrected chi connectivity index (χ2v) is 9.35. The standard InChI is InChI=1S/C17H22ClN5O3S/c1-5-17(3,22-23-19)14-8-12-9-15(18)20-10-13(12)16(21-14)26-11(2)6-7-27(4,24)25/h8-11H,5-7H2,1-4H3/t11-,17-/m1/s1. The minimum absolute atomic E-state index is 0.0151. The summed E-state index contributed by atoms with van der Waals surface area (Å²) < 4.78 is 28.7. The highest BCUT2D eigenvalue weighted by atomic mass is 35.5. The number of pyridine rings is 2. The Bertz CT molecular complexity index is 991. The summed E-state index contributed by atoms with van der Waals surface area (Å²) >= 11 is 6.02. The van der Waals surface area contributed by atoms with Gasteiger partial charge in [0.1, 0.15) is 15.0 Å². The fraction of sp³-hybridized carbons (Fsp3) is 0.529. The van der Waals surface area contributed by atoms with Crippen LogP contribution in [-0.2, 0) is 15.4 Å². The number of rotatable bonds is 8. The maximum atomic E-state index is 11.4. The van der Waals surface area contributed by atoms with Crippen molar-refractivity contribution in [1.29, 1.82) is 0 Å². The molecule has 2 atom stereocenters. The Morgan fingerprint density at radius 3 is 2.74 bits per heavy atom. The molecule has 2 heterocycles. The molecule has 0 radical (unpaired) electrons. The molecule has 2 rings (SSSR count). The van der Waals surface area contributed by atoms with Crippen LogP contribution >= 0.6 is 11.6 Å². The van der Waals surface area contributed by atoms with Gasteiger partial charge in [-0.2, -0.15) is 0 Å². The lowest BCUT2D eigenvalue weighted by molar-refractivity contribution is 0.210. The summed E-state index contributed by atoms with van der Waals surface area (Å²) in [5.41, 5.74) is 8.61. The van der Waals surface area contributed by atoms with Crippen LogP contribution in [0.3, 0.4) is 0 Å². The summed E-state index contributed by atoms with van der Waals surface area (Å²) in [4.78, 5) is 11.6. The first-order chi connectivity index (χ1) is 12.6. The van der Waals surface area contributed by atoms with E-state index in [1.807, 2.05) is 6.92 Å². The highest BCUT2D eigenvalue weighted by Gasteiger charge is 2.27. The molecule has 0 spiro atoms. The maximum Gasteiger partial charge on any atom is 0.223 e. The smallest absolute Gasteiger partial charge is 0.223 e. The van der Waals surface area contributed by atoms with E-state index in [-0.39, 0.29) is 11.9 Å². The fourth-order valence-electron chi connectivity index (χ4n) is 2.49. The molecule has 0 saturated carbocycles. The second kappa shape index (κ2) is 8.29. The van der Waals surface area contributed by atoms with Gasteiger partial charge in [0.05, 0.1) is 28.5 Å². The van der Waals surface area contributed by atoms with Gasteiger partial charge in [0.2, 0.25) is 5.88 Å². The van der Waals surface area contributed by atoms with Gasteiger partial charge in [0.15, 0.2) is 0 Å². The molecule has 0 fully saturated rings. The maximum absolute atomic E-state index is 11.4. The minimum atomic E-state index is -3.09. The predicted molar refractivity (Wildman–Crippen MR) is 106 cm³/mol. The number of aromatic nitrogens is 2. The second-order valence-electron chi connectivity index (χ2n) is 6.70. The molecule has 8 nitrogen and oxygen atoms in total. The average Bonchev–Trinajstić information content (AvgIpc) is 2.59. The van der Waals surface area contributed by atoms with E-state index in [0.717, 1.165) is 5.39 Å². The molecule has 146 valence electrons. The summed E-state index contributed by atoms with van der Waals surface area (Å²) in [7, 11) is -3.09. The molecule has 2 aromatic rings. The highest BCUT2D eigenvalue weighted by molar-refractivity contribution is 7.90. The number of sulfone groups is 1. The van der Waals surface area contributed by atoms with E-state index in [9.17, 15) is 8.42 Å². The van der Waals surface area contributed by atoms with E-state index in [2.05, 4.69) is 20.0 Å². The normalized spacial score (nSPS) is 15.0. The van der Waals surface area contributed by atoms with E-state index in [0.29, 0.717) is 35.0 Å². The molecule has 0 aromatic carbocycles. The van der Waals surface area contributed by atoms with E-state index in [1.165, 1.54) is 6.26 Å². The third kappa shape index (κ3) is 5.45. The molecule has 0 aliphatic carbocycles. The van der Waals surface area contributed by atoms with Crippen molar-refractivity contribution in [3.63, 3.8) is 0 Å². The number of azide groups is 1. The van der Waals surface area contributed by atoms with E-state index >= 15 is 0 Å². The molecular formula is C17H22ClN5O3S. The van der Waals surface area contributed by atoms with Gasteiger partial charge in [-0.05, 0) is 49.7 Å². The van der Waals surface area contributed by atoms with Crippen LogP contribution in [0.15, 0.2) is 23.4 Å². The van der Waals surface area contributed by atoms with Gasteiger partial charge in [0.25, 0.3) is 0 Å². The van der Waals surface area contributed by atoms with Gasteiger partial charge in [-0.15, -0.1) is 0 Å². The first kappa shape index (κ1) is 21.2. The Labute approximate surface area is 163 Å². The average molecular weight is 412 g/mol. The third-order valence-electron chi connectivity index (χ3n) is 4.36. The van der Waals surface area contributed by atoms with Gasteiger partial charge in [0, 0.05) is 17.4 Å². The van der Waals surface area contributed by atoms with Crippen molar-refractivity contribution in [2.24, 2.45) is 5.11 Å². The minimum Gasteiger partial charge on any atom is -0.474 e. The Morgan fingerprint density at radius 2 is 2.15 bits per heavy atom. The number of hydrogen-bond acceptors (Lipinski definition) is 6. The van der Waals surface area contributed by atoms with Crippen molar-refractivity contribution in [2.45, 2.75) is 45.3 Å². The zero-order valence-electron chi connectivity index (χ0n) is 15.7. The molecular weight excluding hydrogens is 390 g/mol. The molecule has 2 aromatic heterocycles. The Morgan fingerprint density at radius 1 is 1.44 bits per heavy atom. The van der Waals surface area contributed by atoms with Gasteiger partial charge < -0.3 is 4.74 Å². The van der Waals surface area contributed by atoms with Crippen LogP contribution in [0.1, 0.15) is 39.3 Å². The summed E-state index contributed by atoms with van der Waals surface area (Å²) in [5.74, 6) is 0.321. The summed E-state index contributed by atoms with van der Waals surface area (Å²) in [6.07, 6.45) is 3.23. The molecule has 0 N–H and O–H groups in total. The fourth-order valence-corrected chi connectivity index (χ4v) is 3.41. The number of fused-ring (bicyclic) bond motifs is 1. The van der Waals surface area contributed by atoms with Crippen LogP contribution in [-0.4, -0.2) is 36.5 Å². The summed E-state index contributed by atoms with van der Waals surface area (Å²) in [5, 5.41) is 5.61. The number of ether oxygens (including phenoxy) is 1. The van der Waals surface area contributed by atoms with E-state index in [1.54, 1.807) is 32.2 Å². The van der Waals surface area contributed by atoms with Gasteiger partial charge in [-0.25, -0.2) is 18.4 Å². The number of hydrogen-bond donors (Lipinski definition) is 0. The summed E-state index contributed by atoms with van der Waals surface area (Å²) in [6, 6.07) is 3.48. The van der Waals surface area contributed by atoms with Gasteiger partial charge >= 0.3 is 0 Å². The lowest BCUT2D eigenvalue weighted by atomic mass is 9.94. The van der Waals surface area contributed by atoms with Crippen molar-refractivity contribution >= 4 is 32.2 Å². The van der Waals surface area contributed by atoms with E-state index < -0.39 is 15.4 Å². The van der Waals surface area contributed by atoms with Gasteiger partial charge in [-0.1, -0.05) is 23.6 Å². The topological polar surface area (TPSA) is 118 Å². The van der Waals surface area contributed by atoms with Crippen molar-refractivity contribution in [3.05, 3.63) is 39.6 Å². The van der Waals surface area contributed by atoms with Gasteiger partial charge in [-0.3, -0.25) is 0 Å². The monoisotopic (exact) mass is 411 g/mol. The molecule has 0 bridgehead atoms. The van der Waals surface area contributed by atoms with Crippen molar-refractivity contribution in [2.75, 3.05) is 12.0 Å². The predicted octanol–water partition coefficient (Wildman–Crippen LogP) is 4.42. The first-order valence-corrected chi connectivity index (χ1v) is 10.9. The van der Waals surface area contributed by atoms with Crippen molar-refractivity contribution < 1.29 is 13.2 Å². The van der Waals surface area contributed by atoms with Crippen LogP contribution in [0.25, 0.3) is 21.2 Å². The van der Waals surface area contributed by atoms with Crippen LogP contribution in [0.4, 0.5) is 0 Å². The summed E-state index contributed by atoms with van der Waals surface area (Å²) in [6.45, 7) is 5.47.